The van der Waals surface area contributed by atoms with Crippen LogP contribution in [0.2, 0.25) is 0 Å². The molecule has 0 saturated heterocycles. The fraction of sp³-hybridized carbons (Fsp3) is 0.125. The van der Waals surface area contributed by atoms with Crippen molar-refractivity contribution in [3.63, 3.8) is 0 Å². The lowest BCUT2D eigenvalue weighted by atomic mass is 10.1. The number of hydrogen-bond acceptors (Lipinski definition) is 5. The molecule has 0 aliphatic rings. The minimum atomic E-state index is -4.44. The van der Waals surface area contributed by atoms with Gasteiger partial charge in [0.2, 0.25) is 0 Å². The summed E-state index contributed by atoms with van der Waals surface area (Å²) in [5.41, 5.74) is 5.04. The van der Waals surface area contributed by atoms with Crippen LogP contribution in [0.15, 0.2) is 23.1 Å². The summed E-state index contributed by atoms with van der Waals surface area (Å²) in [4.78, 5) is 10.8. The largest absolute Gasteiger partial charge is 0.398 e. The van der Waals surface area contributed by atoms with Crippen molar-refractivity contribution >= 4 is 32.7 Å². The molecule has 0 aliphatic carbocycles. The Morgan fingerprint density at radius 1 is 1.41 bits per heavy atom. The maximum Gasteiger partial charge on any atom is 0.296 e. The van der Waals surface area contributed by atoms with Crippen LogP contribution in [-0.2, 0) is 21.2 Å². The Morgan fingerprint density at radius 2 is 2.00 bits per heavy atom. The minimum absolute atomic E-state index is 0.00250. The van der Waals surface area contributed by atoms with Gasteiger partial charge in [-0.1, -0.05) is 0 Å². The summed E-state index contributed by atoms with van der Waals surface area (Å²) in [6.07, 6.45) is 0. The molecule has 9 heteroatoms. The number of nitrogen functional groups attached to an aromatic ring is 1. The predicted molar refractivity (Wildman–Crippen MR) is 60.6 cm³/mol. The molecule has 4 N–H and O–H groups in total. The van der Waals surface area contributed by atoms with Gasteiger partial charge in [-0.05, 0) is 18.2 Å². The van der Waals surface area contributed by atoms with Crippen molar-refractivity contribution in [3.8, 4) is 0 Å². The second-order valence-corrected chi connectivity index (χ2v) is 5.44. The second kappa shape index (κ2) is 4.92. The van der Waals surface area contributed by atoms with Gasteiger partial charge in [-0.2, -0.15) is 8.42 Å². The van der Waals surface area contributed by atoms with E-state index in [1.54, 1.807) is 0 Å². The molecule has 0 bridgehead atoms. The lowest BCUT2D eigenvalue weighted by Gasteiger charge is -2.04. The maximum absolute atomic E-state index is 11.3. The molecule has 1 rings (SSSR count). The number of rotatable bonds is 4. The molecule has 1 aromatic carbocycles. The Morgan fingerprint density at radius 3 is 2.41 bits per heavy atom. The summed E-state index contributed by atoms with van der Waals surface area (Å²) in [6.45, 7) is 0. The third kappa shape index (κ3) is 3.60. The molecule has 7 nitrogen and oxygen atoms in total. The summed E-state index contributed by atoms with van der Waals surface area (Å²) in [5, 5.41) is 0. The second-order valence-electron chi connectivity index (χ2n) is 3.12. The Kier molecular flexibility index (Phi) is 3.98. The van der Waals surface area contributed by atoms with E-state index in [4.69, 9.17) is 14.8 Å². The first-order valence-electron chi connectivity index (χ1n) is 4.19. The molecular weight excluding hydrogens is 270 g/mol. The number of carbonyl (C=O) groups is 1. The highest BCUT2D eigenvalue weighted by Gasteiger charge is 2.16. The lowest BCUT2D eigenvalue weighted by Crippen LogP contribution is -2.11. The van der Waals surface area contributed by atoms with Crippen molar-refractivity contribution in [1.29, 1.82) is 0 Å². The summed E-state index contributed by atoms with van der Waals surface area (Å²) in [6, 6.07) is 3.09. The first-order valence-corrected chi connectivity index (χ1v) is 6.91. The van der Waals surface area contributed by atoms with Crippen LogP contribution >= 0.6 is 0 Å². The van der Waals surface area contributed by atoms with Crippen molar-refractivity contribution in [1.82, 2.24) is 0 Å². The number of nitrogens with two attached hydrogens (primary N) is 1. The minimum Gasteiger partial charge on any atom is -0.398 e. The third-order valence-corrected chi connectivity index (χ3v) is 3.30. The molecule has 0 fully saturated rings. The molecule has 0 saturated carbocycles. The number of hydrogen-bond donors (Lipinski definition) is 3. The Labute approximate surface area is 99.7 Å². The van der Waals surface area contributed by atoms with E-state index in [1.807, 2.05) is 0 Å². The highest BCUT2D eigenvalue weighted by atomic mass is 32.2. The van der Waals surface area contributed by atoms with E-state index in [0.29, 0.717) is 0 Å². The zero-order valence-corrected chi connectivity index (χ0v) is 9.99. The van der Waals surface area contributed by atoms with Gasteiger partial charge in [0.05, 0.1) is 5.69 Å². The monoisotopic (exact) mass is 279 g/mol. The zero-order chi connectivity index (χ0) is 13.2. The average molecular weight is 279 g/mol. The van der Waals surface area contributed by atoms with Crippen LogP contribution in [0.3, 0.4) is 0 Å². The van der Waals surface area contributed by atoms with Crippen LogP contribution < -0.4 is 5.73 Å². The molecule has 0 spiro atoms. The molecule has 0 amide bonds. The highest BCUT2D eigenvalue weighted by molar-refractivity contribution is 7.86. The van der Waals surface area contributed by atoms with Crippen LogP contribution in [0, 0.1) is 0 Å². The van der Waals surface area contributed by atoms with Gasteiger partial charge in [-0.3, -0.25) is 9.35 Å². The fourth-order valence-corrected chi connectivity index (χ4v) is 2.14. The molecule has 1 unspecified atom stereocenters. The Balaban J connectivity index is 3.14. The molecule has 0 aromatic heterocycles. The van der Waals surface area contributed by atoms with Crippen molar-refractivity contribution in [2.24, 2.45) is 0 Å². The Hall–Kier alpha value is -1.29. The quantitative estimate of drug-likeness (QED) is 0.303. The predicted octanol–water partition coefficient (Wildman–Crippen LogP) is -0.0801. The molecule has 17 heavy (non-hydrogen) atoms. The van der Waals surface area contributed by atoms with Crippen molar-refractivity contribution in [2.45, 2.75) is 4.90 Å². The van der Waals surface area contributed by atoms with E-state index in [9.17, 15) is 17.4 Å². The van der Waals surface area contributed by atoms with E-state index in [1.165, 1.54) is 0 Å². The topological polar surface area (TPSA) is 135 Å². The third-order valence-electron chi connectivity index (χ3n) is 1.86. The summed E-state index contributed by atoms with van der Waals surface area (Å²) < 4.78 is 49.3. The normalized spacial score (nSPS) is 13.3. The van der Waals surface area contributed by atoms with Gasteiger partial charge < -0.3 is 10.3 Å². The molecule has 0 heterocycles. The summed E-state index contributed by atoms with van der Waals surface area (Å²) in [5.74, 6) is -1.26. The Bertz CT molecular complexity index is 580. The fourth-order valence-electron chi connectivity index (χ4n) is 1.15. The van der Waals surface area contributed by atoms with Crippen LogP contribution in [0.1, 0.15) is 10.4 Å². The zero-order valence-electron chi connectivity index (χ0n) is 8.36. The van der Waals surface area contributed by atoms with Gasteiger partial charge in [-0.25, -0.2) is 4.21 Å². The van der Waals surface area contributed by atoms with Gasteiger partial charge in [0.1, 0.15) is 10.6 Å². The number of benzene rings is 1. The van der Waals surface area contributed by atoms with E-state index < -0.39 is 37.6 Å². The number of Topliss-reactive ketones (excluding diaryl/α,β-unsaturated/α-hetero) is 1. The average Bonchev–Trinajstić information content (AvgIpc) is 2.14. The number of anilines is 1. The van der Waals surface area contributed by atoms with E-state index >= 15 is 0 Å². The standard InChI is InChI=1S/C8H9NO6S2/c9-6-3-5(7(10)4-16(11)12)1-2-8(6)17(13,14)15/h1-3H,4,9H2,(H,11,12)(H,13,14,15). The SMILES string of the molecule is Nc1cc(C(=O)CS(=O)O)ccc1S(=O)(=O)O. The summed E-state index contributed by atoms with van der Waals surface area (Å²) in [7, 11) is -4.44. The molecular formula is C8H9NO6S2. The first kappa shape index (κ1) is 13.8. The van der Waals surface area contributed by atoms with Crippen LogP contribution in [0.25, 0.3) is 0 Å². The molecule has 94 valence electrons. The van der Waals surface area contributed by atoms with Gasteiger partial charge in [0, 0.05) is 5.56 Å². The van der Waals surface area contributed by atoms with Gasteiger partial charge in [0.25, 0.3) is 10.1 Å². The first-order chi connectivity index (χ1) is 7.71. The van der Waals surface area contributed by atoms with Crippen LogP contribution in [0.4, 0.5) is 5.69 Å². The van der Waals surface area contributed by atoms with Gasteiger partial charge >= 0.3 is 0 Å². The molecule has 0 aliphatic heterocycles. The smallest absolute Gasteiger partial charge is 0.296 e. The van der Waals surface area contributed by atoms with Crippen molar-refractivity contribution in [3.05, 3.63) is 23.8 Å². The molecule has 1 atom stereocenters. The van der Waals surface area contributed by atoms with E-state index in [0.717, 1.165) is 18.2 Å². The molecule has 1 aromatic rings. The number of carbonyl (C=O) groups excluding carboxylic acids is 1. The number of ketones is 1. The van der Waals surface area contributed by atoms with E-state index in [2.05, 4.69) is 0 Å². The maximum atomic E-state index is 11.3. The van der Waals surface area contributed by atoms with Crippen LogP contribution in [0.5, 0.6) is 0 Å². The molecule has 0 radical (unpaired) electrons. The lowest BCUT2D eigenvalue weighted by molar-refractivity contribution is 0.102. The van der Waals surface area contributed by atoms with E-state index in [-0.39, 0.29) is 11.3 Å². The van der Waals surface area contributed by atoms with Crippen molar-refractivity contribution in [2.75, 3.05) is 11.5 Å². The van der Waals surface area contributed by atoms with Gasteiger partial charge in [-0.15, -0.1) is 0 Å². The van der Waals surface area contributed by atoms with Gasteiger partial charge in [0.15, 0.2) is 16.9 Å². The highest BCUT2D eigenvalue weighted by Crippen LogP contribution is 2.19. The summed E-state index contributed by atoms with van der Waals surface area (Å²) >= 11 is -2.28. The van der Waals surface area contributed by atoms with Crippen LogP contribution in [-0.4, -0.2) is 33.3 Å². The van der Waals surface area contributed by atoms with Crippen molar-refractivity contribution < 1.29 is 26.5 Å².